The molecule has 2 rings (SSSR count). The van der Waals surface area contributed by atoms with Crippen molar-refractivity contribution in [2.45, 2.75) is 0 Å². The van der Waals surface area contributed by atoms with Gasteiger partial charge in [-0.25, -0.2) is 14.8 Å². The number of ether oxygens (including phenoxy) is 1. The van der Waals surface area contributed by atoms with Crippen molar-refractivity contribution >= 4 is 46.3 Å². The van der Waals surface area contributed by atoms with Crippen molar-refractivity contribution in [1.82, 2.24) is 10.0 Å². The van der Waals surface area contributed by atoms with Crippen molar-refractivity contribution in [1.29, 1.82) is 0 Å². The zero-order valence-corrected chi connectivity index (χ0v) is 13.5. The van der Waals surface area contributed by atoms with Crippen molar-refractivity contribution < 1.29 is 14.3 Å². The summed E-state index contributed by atoms with van der Waals surface area (Å²) in [7, 11) is 4.86. The number of carbonyl (C=O) groups excluding carboxylic acids is 2. The molecule has 0 spiro atoms. The zero-order valence-electron chi connectivity index (χ0n) is 11.8. The van der Waals surface area contributed by atoms with Gasteiger partial charge in [-0.1, -0.05) is 36.1 Å². The van der Waals surface area contributed by atoms with Gasteiger partial charge in [0.05, 0.1) is 17.6 Å². The van der Waals surface area contributed by atoms with E-state index in [2.05, 4.69) is 4.74 Å². The summed E-state index contributed by atoms with van der Waals surface area (Å²) in [5, 5.41) is 3.09. The van der Waals surface area contributed by atoms with Crippen molar-refractivity contribution in [2.24, 2.45) is 0 Å². The number of hydrogen-bond donors (Lipinski definition) is 0. The zero-order chi connectivity index (χ0) is 15.6. The second kappa shape index (κ2) is 6.38. The van der Waals surface area contributed by atoms with Gasteiger partial charge in [-0.05, 0) is 23.8 Å². The van der Waals surface area contributed by atoms with Crippen LogP contribution in [0.3, 0.4) is 0 Å². The van der Waals surface area contributed by atoms with E-state index in [-0.39, 0.29) is 11.9 Å². The number of hydrogen-bond acceptors (Lipinski definition) is 6. The first-order chi connectivity index (χ1) is 9.93. The molecule has 0 bridgehead atoms. The molecule has 1 aliphatic heterocycles. The summed E-state index contributed by atoms with van der Waals surface area (Å²) in [5.41, 5.74) is 1.29. The minimum Gasteiger partial charge on any atom is -0.465 e. The average molecular weight is 322 g/mol. The molecule has 21 heavy (non-hydrogen) atoms. The van der Waals surface area contributed by atoms with Gasteiger partial charge in [0.15, 0.2) is 4.32 Å². The quantitative estimate of drug-likeness (QED) is 0.483. The van der Waals surface area contributed by atoms with E-state index in [1.54, 1.807) is 49.4 Å². The maximum atomic E-state index is 12.2. The number of benzene rings is 1. The Bertz CT molecular complexity index is 624. The first-order valence-electron chi connectivity index (χ1n) is 6.07. The number of amides is 1. The van der Waals surface area contributed by atoms with Crippen LogP contribution in [0.2, 0.25) is 0 Å². The lowest BCUT2D eigenvalue weighted by Gasteiger charge is -2.21. The first kappa shape index (κ1) is 15.7. The topological polar surface area (TPSA) is 49.9 Å². The van der Waals surface area contributed by atoms with Gasteiger partial charge in [0.25, 0.3) is 5.91 Å². The van der Waals surface area contributed by atoms with Gasteiger partial charge in [-0.2, -0.15) is 0 Å². The van der Waals surface area contributed by atoms with Crippen molar-refractivity contribution in [3.63, 3.8) is 0 Å². The molecule has 1 saturated heterocycles. The Hall–Kier alpha value is -1.70. The highest BCUT2D eigenvalue weighted by Gasteiger charge is 2.33. The Labute approximate surface area is 132 Å². The molecular formula is C14H14N2O3S2. The summed E-state index contributed by atoms with van der Waals surface area (Å²) in [4.78, 5) is 24.1. The van der Waals surface area contributed by atoms with Gasteiger partial charge >= 0.3 is 5.97 Å². The summed E-state index contributed by atoms with van der Waals surface area (Å²) >= 11 is 6.44. The van der Waals surface area contributed by atoms with E-state index in [9.17, 15) is 9.59 Å². The van der Waals surface area contributed by atoms with Crippen LogP contribution < -0.4 is 0 Å². The molecule has 1 amide bonds. The van der Waals surface area contributed by atoms with E-state index >= 15 is 0 Å². The number of carbonyl (C=O) groups is 2. The van der Waals surface area contributed by atoms with Crippen LogP contribution in [0, 0.1) is 0 Å². The third-order valence-corrected chi connectivity index (χ3v) is 4.09. The largest absolute Gasteiger partial charge is 0.465 e. The molecule has 7 heteroatoms. The molecule has 0 radical (unpaired) electrons. The predicted octanol–water partition coefficient (Wildman–Crippen LogP) is 2.15. The summed E-state index contributed by atoms with van der Waals surface area (Å²) < 4.78 is 5.14. The molecule has 0 saturated carbocycles. The number of hydrazine groups is 1. The van der Waals surface area contributed by atoms with Crippen LogP contribution in [0.1, 0.15) is 15.9 Å². The molecule has 0 unspecified atom stereocenters. The lowest BCUT2D eigenvalue weighted by Crippen LogP contribution is -2.39. The smallest absolute Gasteiger partial charge is 0.337 e. The van der Waals surface area contributed by atoms with Crippen LogP contribution in [0.5, 0.6) is 0 Å². The molecule has 1 aliphatic rings. The molecule has 1 fully saturated rings. The van der Waals surface area contributed by atoms with Gasteiger partial charge in [-0.3, -0.25) is 4.79 Å². The number of nitrogens with zero attached hydrogens (tertiary/aromatic N) is 2. The highest BCUT2D eigenvalue weighted by Crippen LogP contribution is 2.32. The number of rotatable bonds is 3. The SMILES string of the molecule is COC(=O)c1ccc(C=C2SC(=S)N(N(C)C)C2=O)cc1. The van der Waals surface area contributed by atoms with Crippen LogP contribution in [0.15, 0.2) is 29.2 Å². The Morgan fingerprint density at radius 3 is 2.43 bits per heavy atom. The fourth-order valence-electron chi connectivity index (χ4n) is 1.79. The van der Waals surface area contributed by atoms with E-state index in [1.807, 2.05) is 0 Å². The van der Waals surface area contributed by atoms with Crippen molar-refractivity contribution in [2.75, 3.05) is 21.2 Å². The first-order valence-corrected chi connectivity index (χ1v) is 7.30. The maximum Gasteiger partial charge on any atom is 0.337 e. The average Bonchev–Trinajstić information content (AvgIpc) is 2.73. The fourth-order valence-corrected chi connectivity index (χ4v) is 3.19. The molecule has 1 aromatic carbocycles. The lowest BCUT2D eigenvalue weighted by atomic mass is 10.1. The number of thiocarbonyl (C=S) groups is 1. The summed E-state index contributed by atoms with van der Waals surface area (Å²) in [6.07, 6.45) is 1.75. The normalized spacial score (nSPS) is 17.0. The van der Waals surface area contributed by atoms with E-state index in [1.165, 1.54) is 23.9 Å². The molecule has 0 N–H and O–H groups in total. The third kappa shape index (κ3) is 3.31. The second-order valence-corrected chi connectivity index (χ2v) is 6.13. The number of thioether (sulfide) groups is 1. The highest BCUT2D eigenvalue weighted by atomic mass is 32.2. The minimum absolute atomic E-state index is 0.146. The molecule has 5 nitrogen and oxygen atoms in total. The highest BCUT2D eigenvalue weighted by molar-refractivity contribution is 8.26. The van der Waals surface area contributed by atoms with Crippen LogP contribution in [0.4, 0.5) is 0 Å². The summed E-state index contributed by atoms with van der Waals surface area (Å²) in [5.74, 6) is -0.535. The van der Waals surface area contributed by atoms with Gasteiger partial charge < -0.3 is 4.74 Å². The third-order valence-electron chi connectivity index (χ3n) is 2.80. The van der Waals surface area contributed by atoms with E-state index in [0.717, 1.165) is 5.56 Å². The molecule has 1 heterocycles. The molecule has 0 aromatic heterocycles. The molecule has 110 valence electrons. The predicted molar refractivity (Wildman–Crippen MR) is 86.5 cm³/mol. The van der Waals surface area contributed by atoms with Crippen LogP contribution in [-0.4, -0.2) is 47.4 Å². The standard InChI is InChI=1S/C14H14N2O3S2/c1-15(2)16-12(17)11(21-14(16)20)8-9-4-6-10(7-5-9)13(18)19-3/h4-8H,1-3H3. The van der Waals surface area contributed by atoms with Gasteiger partial charge in [0.2, 0.25) is 0 Å². The Kier molecular flexibility index (Phi) is 4.76. The fraction of sp³-hybridized carbons (Fsp3) is 0.214. The van der Waals surface area contributed by atoms with E-state index < -0.39 is 0 Å². The van der Waals surface area contributed by atoms with Crippen molar-refractivity contribution in [3.05, 3.63) is 40.3 Å². The van der Waals surface area contributed by atoms with Gasteiger partial charge in [-0.15, -0.1) is 0 Å². The van der Waals surface area contributed by atoms with Crippen molar-refractivity contribution in [3.8, 4) is 0 Å². The molecule has 1 aromatic rings. The molecule has 0 aliphatic carbocycles. The van der Waals surface area contributed by atoms with Crippen LogP contribution in [0.25, 0.3) is 6.08 Å². The van der Waals surface area contributed by atoms with Crippen LogP contribution >= 0.6 is 24.0 Å². The Balaban J connectivity index is 2.23. The van der Waals surface area contributed by atoms with E-state index in [4.69, 9.17) is 12.2 Å². The minimum atomic E-state index is -0.388. The van der Waals surface area contributed by atoms with Crippen LogP contribution in [-0.2, 0) is 9.53 Å². The number of methoxy groups -OCH3 is 1. The molecular weight excluding hydrogens is 308 g/mol. The summed E-state index contributed by atoms with van der Waals surface area (Å²) in [6.45, 7) is 0. The monoisotopic (exact) mass is 322 g/mol. The van der Waals surface area contributed by atoms with E-state index in [0.29, 0.717) is 14.8 Å². The molecule has 0 atom stereocenters. The second-order valence-electron chi connectivity index (χ2n) is 4.45. The van der Waals surface area contributed by atoms with Gasteiger partial charge in [0.1, 0.15) is 0 Å². The van der Waals surface area contributed by atoms with Gasteiger partial charge in [0, 0.05) is 14.1 Å². The summed E-state index contributed by atoms with van der Waals surface area (Å²) in [6, 6.07) is 6.83. The Morgan fingerprint density at radius 1 is 1.33 bits per heavy atom. The lowest BCUT2D eigenvalue weighted by molar-refractivity contribution is -0.130. The Morgan fingerprint density at radius 2 is 1.95 bits per heavy atom. The maximum absolute atomic E-state index is 12.2. The number of esters is 1.